The molecule has 246 valence electrons. The van der Waals surface area contributed by atoms with Crippen molar-refractivity contribution in [2.75, 3.05) is 9.80 Å². The Hall–Kier alpha value is -6.62. The minimum Gasteiger partial charge on any atom is -0.456 e. The molecule has 0 spiro atoms. The zero-order valence-electron chi connectivity index (χ0n) is 28.2. The van der Waals surface area contributed by atoms with Crippen LogP contribution in [0, 0.1) is 0 Å². The maximum absolute atomic E-state index is 6.28. The lowest BCUT2D eigenvalue weighted by Crippen LogP contribution is -2.15. The summed E-state index contributed by atoms with van der Waals surface area (Å²) in [6.07, 6.45) is 0. The summed E-state index contributed by atoms with van der Waals surface area (Å²) in [6.45, 7) is 0. The highest BCUT2D eigenvalue weighted by Crippen LogP contribution is 2.50. The van der Waals surface area contributed by atoms with E-state index in [-0.39, 0.29) is 0 Å². The first kappa shape index (κ1) is 30.2. The molecule has 0 saturated heterocycles. The number of thiophene rings is 1. The third kappa shape index (κ3) is 5.12. The average molecular weight is 685 g/mol. The van der Waals surface area contributed by atoms with Crippen LogP contribution in [-0.2, 0) is 0 Å². The Kier molecular flexibility index (Phi) is 7.33. The summed E-state index contributed by atoms with van der Waals surface area (Å²) in [5.41, 5.74) is 10.5. The second kappa shape index (κ2) is 12.6. The Bertz CT molecular complexity index is 2820. The fraction of sp³-hybridized carbons (Fsp3) is 0. The molecule has 0 radical (unpaired) electrons. The second-order valence-electron chi connectivity index (χ2n) is 12.9. The van der Waals surface area contributed by atoms with Gasteiger partial charge in [0, 0.05) is 59.3 Å². The van der Waals surface area contributed by atoms with E-state index in [1.54, 1.807) is 0 Å². The smallest absolute Gasteiger partial charge is 0.135 e. The van der Waals surface area contributed by atoms with Crippen LogP contribution in [0.4, 0.5) is 34.1 Å². The Balaban J connectivity index is 1.29. The van der Waals surface area contributed by atoms with Crippen molar-refractivity contribution in [2.45, 2.75) is 0 Å². The molecule has 8 aromatic carbocycles. The Morgan fingerprint density at radius 3 is 1.56 bits per heavy atom. The van der Waals surface area contributed by atoms with Gasteiger partial charge in [-0.2, -0.15) is 0 Å². The Morgan fingerprint density at radius 1 is 0.346 bits per heavy atom. The second-order valence-corrected chi connectivity index (χ2v) is 14.0. The summed E-state index contributed by atoms with van der Waals surface area (Å²) in [7, 11) is 0. The number of fused-ring (bicyclic) bond motifs is 6. The number of furan rings is 1. The van der Waals surface area contributed by atoms with Gasteiger partial charge in [-0.25, -0.2) is 0 Å². The molecule has 0 saturated carbocycles. The maximum Gasteiger partial charge on any atom is 0.135 e. The molecule has 0 amide bonds. The predicted molar refractivity (Wildman–Crippen MR) is 221 cm³/mol. The van der Waals surface area contributed by atoms with Gasteiger partial charge in [-0.1, -0.05) is 103 Å². The number of hydrogen-bond donors (Lipinski definition) is 0. The zero-order chi connectivity index (χ0) is 34.4. The topological polar surface area (TPSA) is 19.6 Å². The first-order valence-electron chi connectivity index (χ1n) is 17.5. The molecule has 0 bridgehead atoms. The molecule has 0 N–H and O–H groups in total. The van der Waals surface area contributed by atoms with Crippen molar-refractivity contribution in [2.24, 2.45) is 0 Å². The van der Waals surface area contributed by atoms with E-state index >= 15 is 0 Å². The van der Waals surface area contributed by atoms with Gasteiger partial charge in [0.15, 0.2) is 0 Å². The molecule has 4 heteroatoms. The van der Waals surface area contributed by atoms with Gasteiger partial charge in [-0.3, -0.25) is 0 Å². The van der Waals surface area contributed by atoms with Crippen molar-refractivity contribution >= 4 is 87.6 Å². The highest BCUT2D eigenvalue weighted by molar-refractivity contribution is 7.25. The number of rotatable bonds is 7. The lowest BCUT2D eigenvalue weighted by molar-refractivity contribution is 0.669. The first-order valence-corrected chi connectivity index (χ1v) is 18.3. The van der Waals surface area contributed by atoms with Gasteiger partial charge in [0.1, 0.15) is 11.2 Å². The minimum absolute atomic E-state index is 0.876. The highest BCUT2D eigenvalue weighted by atomic mass is 32.1. The summed E-state index contributed by atoms with van der Waals surface area (Å²) in [4.78, 5) is 4.77. The Morgan fingerprint density at radius 2 is 0.885 bits per heavy atom. The highest BCUT2D eigenvalue weighted by Gasteiger charge is 2.25. The molecular weight excluding hydrogens is 653 g/mol. The van der Waals surface area contributed by atoms with E-state index < -0.39 is 0 Å². The van der Waals surface area contributed by atoms with E-state index in [0.29, 0.717) is 0 Å². The largest absolute Gasteiger partial charge is 0.456 e. The lowest BCUT2D eigenvalue weighted by atomic mass is 9.96. The van der Waals surface area contributed by atoms with Crippen molar-refractivity contribution in [3.05, 3.63) is 194 Å². The van der Waals surface area contributed by atoms with E-state index in [1.165, 1.54) is 20.2 Å². The summed E-state index contributed by atoms with van der Waals surface area (Å²) in [6, 6.07) is 69.3. The molecule has 0 aliphatic heterocycles. The lowest BCUT2D eigenvalue weighted by Gasteiger charge is -2.33. The van der Waals surface area contributed by atoms with Gasteiger partial charge in [0.25, 0.3) is 0 Å². The van der Waals surface area contributed by atoms with E-state index in [0.717, 1.165) is 67.2 Å². The van der Waals surface area contributed by atoms with Gasteiger partial charge in [0.05, 0.1) is 11.4 Å². The maximum atomic E-state index is 6.28. The molecular formula is C48H32N2OS. The monoisotopic (exact) mass is 684 g/mol. The number of anilines is 6. The number of benzene rings is 8. The van der Waals surface area contributed by atoms with Crippen LogP contribution in [0.1, 0.15) is 0 Å². The van der Waals surface area contributed by atoms with E-state index in [1.807, 2.05) is 23.5 Å². The first-order chi connectivity index (χ1) is 25.8. The number of para-hydroxylation sites is 4. The molecule has 2 heterocycles. The molecule has 52 heavy (non-hydrogen) atoms. The molecule has 10 aromatic rings. The molecule has 0 aliphatic carbocycles. The number of nitrogens with zero attached hydrogens (tertiary/aromatic N) is 2. The molecule has 0 aliphatic rings. The fourth-order valence-corrected chi connectivity index (χ4v) is 8.60. The minimum atomic E-state index is 0.876. The van der Waals surface area contributed by atoms with Crippen LogP contribution in [0.3, 0.4) is 0 Å². The van der Waals surface area contributed by atoms with Crippen LogP contribution in [0.5, 0.6) is 0 Å². The van der Waals surface area contributed by atoms with E-state index in [4.69, 9.17) is 4.42 Å². The summed E-state index contributed by atoms with van der Waals surface area (Å²) < 4.78 is 8.86. The number of hydrogen-bond acceptors (Lipinski definition) is 4. The van der Waals surface area contributed by atoms with Gasteiger partial charge < -0.3 is 14.2 Å². The summed E-state index contributed by atoms with van der Waals surface area (Å²) >= 11 is 1.85. The SMILES string of the molecule is c1ccc(N(c2ccccc2)c2cccc(N(c3ccccc3)c3ccc4oc5ccccc5c4c3)c2-c2ccc3sc4ccccc4c3c2)cc1. The van der Waals surface area contributed by atoms with Crippen LogP contribution in [0.15, 0.2) is 199 Å². The van der Waals surface area contributed by atoms with Crippen molar-refractivity contribution in [3.63, 3.8) is 0 Å². The van der Waals surface area contributed by atoms with Crippen LogP contribution in [-0.4, -0.2) is 0 Å². The van der Waals surface area contributed by atoms with Crippen LogP contribution < -0.4 is 9.80 Å². The quantitative estimate of drug-likeness (QED) is 0.167. The van der Waals surface area contributed by atoms with Crippen molar-refractivity contribution in [1.29, 1.82) is 0 Å². The average Bonchev–Trinajstić information content (AvgIpc) is 3.77. The normalized spacial score (nSPS) is 11.5. The van der Waals surface area contributed by atoms with Gasteiger partial charge in [0.2, 0.25) is 0 Å². The van der Waals surface area contributed by atoms with Crippen LogP contribution in [0.2, 0.25) is 0 Å². The van der Waals surface area contributed by atoms with Crippen molar-refractivity contribution < 1.29 is 4.42 Å². The fourth-order valence-electron chi connectivity index (χ4n) is 7.52. The van der Waals surface area contributed by atoms with E-state index in [9.17, 15) is 0 Å². The molecule has 0 fully saturated rings. The van der Waals surface area contributed by atoms with Crippen molar-refractivity contribution in [1.82, 2.24) is 0 Å². The summed E-state index contributed by atoms with van der Waals surface area (Å²) in [5.74, 6) is 0. The van der Waals surface area contributed by atoms with Crippen LogP contribution in [0.25, 0.3) is 53.2 Å². The van der Waals surface area contributed by atoms with Gasteiger partial charge >= 0.3 is 0 Å². The summed E-state index contributed by atoms with van der Waals surface area (Å²) in [5, 5.41) is 4.74. The van der Waals surface area contributed by atoms with Crippen molar-refractivity contribution in [3.8, 4) is 11.1 Å². The third-order valence-electron chi connectivity index (χ3n) is 9.83. The molecule has 0 atom stereocenters. The molecule has 0 unspecified atom stereocenters. The zero-order valence-corrected chi connectivity index (χ0v) is 29.0. The third-order valence-corrected chi connectivity index (χ3v) is 11.0. The van der Waals surface area contributed by atoms with Gasteiger partial charge in [-0.05, 0) is 96.6 Å². The predicted octanol–water partition coefficient (Wildman–Crippen LogP) is 14.6. The molecule has 2 aromatic heterocycles. The molecule has 10 rings (SSSR count). The van der Waals surface area contributed by atoms with Crippen LogP contribution >= 0.6 is 11.3 Å². The molecule has 3 nitrogen and oxygen atoms in total. The van der Waals surface area contributed by atoms with E-state index in [2.05, 4.69) is 192 Å². The standard InChI is InChI=1S/C48H32N2OS/c1-4-15-34(16-5-1)49(35-17-6-2-7-18-35)42-23-14-24-43(48(42)33-27-30-47-41(31-33)39-22-11-13-26-46(39)52-47)50(36-19-8-3-9-20-36)37-28-29-45-40(32-37)38-21-10-12-25-44(38)51-45/h1-32H. The van der Waals surface area contributed by atoms with Gasteiger partial charge in [-0.15, -0.1) is 11.3 Å². The Labute approximate surface area is 305 Å².